The Morgan fingerprint density at radius 1 is 1.12 bits per heavy atom. The third-order valence-electron chi connectivity index (χ3n) is 4.20. The van der Waals surface area contributed by atoms with Crippen LogP contribution in [0.1, 0.15) is 23.7 Å². The fraction of sp³-hybridized carbons (Fsp3) is 0.263. The molecule has 0 aliphatic carbocycles. The van der Waals surface area contributed by atoms with E-state index in [-0.39, 0.29) is 6.42 Å². The zero-order valence-electron chi connectivity index (χ0n) is 14.5. The van der Waals surface area contributed by atoms with Crippen LogP contribution >= 0.6 is 0 Å². The van der Waals surface area contributed by atoms with Gasteiger partial charge in [-0.15, -0.1) is 0 Å². The highest BCUT2D eigenvalue weighted by Crippen LogP contribution is 2.42. The number of nitrogens with two attached hydrogens (primary N) is 1. The van der Waals surface area contributed by atoms with Crippen molar-refractivity contribution in [3.63, 3.8) is 0 Å². The molecule has 0 radical (unpaired) electrons. The molecule has 0 saturated heterocycles. The Labute approximate surface area is 151 Å². The number of benzene rings is 2. The zero-order chi connectivity index (χ0) is 18.7. The minimum absolute atomic E-state index is 0.220. The van der Waals surface area contributed by atoms with E-state index in [4.69, 9.17) is 19.9 Å². The summed E-state index contributed by atoms with van der Waals surface area (Å²) in [5.41, 5.74) is 7.33. The average Bonchev–Trinajstić information content (AvgIpc) is 2.77. The summed E-state index contributed by atoms with van der Waals surface area (Å²) in [5, 5.41) is 2.80. The van der Waals surface area contributed by atoms with E-state index in [1.165, 1.54) is 7.11 Å². The highest BCUT2D eigenvalue weighted by Gasteiger charge is 2.34. The third kappa shape index (κ3) is 3.34. The van der Waals surface area contributed by atoms with Crippen molar-refractivity contribution in [2.24, 2.45) is 5.73 Å². The summed E-state index contributed by atoms with van der Waals surface area (Å²) in [4.78, 5) is 23.8. The number of nitrogens with one attached hydrogen (secondary N) is 1. The van der Waals surface area contributed by atoms with E-state index >= 15 is 0 Å². The van der Waals surface area contributed by atoms with Crippen LogP contribution in [0.4, 0.5) is 5.69 Å². The lowest BCUT2D eigenvalue weighted by Crippen LogP contribution is -2.33. The van der Waals surface area contributed by atoms with Gasteiger partial charge >= 0.3 is 0 Å². The summed E-state index contributed by atoms with van der Waals surface area (Å²) in [5.74, 6) is 0.0103. The summed E-state index contributed by atoms with van der Waals surface area (Å²) >= 11 is 0. The van der Waals surface area contributed by atoms with E-state index in [1.807, 2.05) is 30.3 Å². The third-order valence-corrected chi connectivity index (χ3v) is 4.20. The van der Waals surface area contributed by atoms with Gasteiger partial charge in [0.2, 0.25) is 5.91 Å². The maximum Gasteiger partial charge on any atom is 0.254 e. The largest absolute Gasteiger partial charge is 0.493 e. The van der Waals surface area contributed by atoms with Gasteiger partial charge in [-0.1, -0.05) is 30.3 Å². The molecule has 2 amide bonds. The lowest BCUT2D eigenvalue weighted by Gasteiger charge is -2.23. The monoisotopic (exact) mass is 356 g/mol. The molecule has 0 aromatic heterocycles. The van der Waals surface area contributed by atoms with Crippen LogP contribution in [-0.4, -0.2) is 32.1 Å². The van der Waals surface area contributed by atoms with Crippen LogP contribution in [0.25, 0.3) is 0 Å². The SMILES string of the molecule is COc1cccc(C2OC(CC(N)=O)C(=O)Nc3ccccc32)c1OC. The Kier molecular flexibility index (Phi) is 5.09. The molecule has 3 rings (SSSR count). The predicted molar refractivity (Wildman–Crippen MR) is 95.1 cm³/mol. The van der Waals surface area contributed by atoms with Crippen LogP contribution in [-0.2, 0) is 14.3 Å². The Hall–Kier alpha value is -3.06. The minimum atomic E-state index is -1.01. The van der Waals surface area contributed by atoms with E-state index in [1.54, 1.807) is 19.2 Å². The molecule has 3 N–H and O–H groups in total. The van der Waals surface area contributed by atoms with E-state index in [0.29, 0.717) is 22.7 Å². The lowest BCUT2D eigenvalue weighted by atomic mass is 9.98. The normalized spacial score (nSPS) is 19.1. The highest BCUT2D eigenvalue weighted by molar-refractivity contribution is 5.98. The molecule has 0 saturated carbocycles. The number of rotatable bonds is 5. The molecule has 1 aliphatic rings. The maximum atomic E-state index is 12.5. The maximum absolute atomic E-state index is 12.5. The van der Waals surface area contributed by atoms with Crippen LogP contribution in [0.2, 0.25) is 0 Å². The summed E-state index contributed by atoms with van der Waals surface area (Å²) in [6, 6.07) is 12.7. The zero-order valence-corrected chi connectivity index (χ0v) is 14.5. The summed E-state index contributed by atoms with van der Waals surface area (Å²) in [7, 11) is 3.08. The van der Waals surface area contributed by atoms with E-state index in [0.717, 1.165) is 5.56 Å². The minimum Gasteiger partial charge on any atom is -0.493 e. The quantitative estimate of drug-likeness (QED) is 0.854. The number of amides is 2. The fourth-order valence-electron chi connectivity index (χ4n) is 3.03. The van der Waals surface area contributed by atoms with Gasteiger partial charge in [-0.05, 0) is 12.1 Å². The number of anilines is 1. The first-order valence-electron chi connectivity index (χ1n) is 8.09. The molecule has 2 atom stereocenters. The second-order valence-corrected chi connectivity index (χ2v) is 5.83. The number of hydrogen-bond donors (Lipinski definition) is 2. The van der Waals surface area contributed by atoms with Crippen molar-refractivity contribution in [2.45, 2.75) is 18.6 Å². The first-order valence-corrected chi connectivity index (χ1v) is 8.09. The van der Waals surface area contributed by atoms with Crippen LogP contribution < -0.4 is 20.5 Å². The van der Waals surface area contributed by atoms with Crippen molar-refractivity contribution in [1.29, 1.82) is 0 Å². The first kappa shape index (κ1) is 17.8. The number of ether oxygens (including phenoxy) is 3. The van der Waals surface area contributed by atoms with Gasteiger partial charge in [0.05, 0.1) is 20.6 Å². The van der Waals surface area contributed by atoms with Crippen LogP contribution in [0.15, 0.2) is 42.5 Å². The van der Waals surface area contributed by atoms with Crippen molar-refractivity contribution >= 4 is 17.5 Å². The molecule has 2 unspecified atom stereocenters. The van der Waals surface area contributed by atoms with Crippen LogP contribution in [0.3, 0.4) is 0 Å². The molecule has 2 aromatic carbocycles. The van der Waals surface area contributed by atoms with Gasteiger partial charge in [-0.2, -0.15) is 0 Å². The van der Waals surface area contributed by atoms with Gasteiger partial charge in [-0.25, -0.2) is 0 Å². The van der Waals surface area contributed by atoms with E-state index in [9.17, 15) is 9.59 Å². The molecular formula is C19H20N2O5. The van der Waals surface area contributed by atoms with Crippen molar-refractivity contribution < 1.29 is 23.8 Å². The van der Waals surface area contributed by atoms with Gasteiger partial charge in [0.1, 0.15) is 12.2 Å². The number of carbonyl (C=O) groups is 2. The molecule has 1 aliphatic heterocycles. The molecule has 0 fully saturated rings. The molecule has 7 nitrogen and oxygen atoms in total. The molecular weight excluding hydrogens is 336 g/mol. The van der Waals surface area contributed by atoms with Gasteiger partial charge < -0.3 is 25.3 Å². The van der Waals surface area contributed by atoms with E-state index in [2.05, 4.69) is 5.32 Å². The smallest absolute Gasteiger partial charge is 0.254 e. The summed E-state index contributed by atoms with van der Waals surface area (Å²) in [6.45, 7) is 0. The van der Waals surface area contributed by atoms with Crippen molar-refractivity contribution in [2.75, 3.05) is 19.5 Å². The first-order chi connectivity index (χ1) is 12.5. The Morgan fingerprint density at radius 3 is 2.54 bits per heavy atom. The second kappa shape index (κ2) is 7.45. The second-order valence-electron chi connectivity index (χ2n) is 5.83. The topological polar surface area (TPSA) is 99.9 Å². The number of primary amides is 1. The summed E-state index contributed by atoms with van der Waals surface area (Å²) < 4.78 is 16.9. The number of methoxy groups -OCH3 is 2. The molecule has 1 heterocycles. The number of fused-ring (bicyclic) bond motifs is 1. The standard InChI is InChI=1S/C19H20N2O5/c1-24-14-9-5-7-12(18(14)25-2)17-11-6-3-4-8-13(11)21-19(23)15(26-17)10-16(20)22/h3-9,15,17H,10H2,1-2H3,(H2,20,22)(H,21,23). The van der Waals surface area contributed by atoms with Gasteiger partial charge in [0.25, 0.3) is 5.91 Å². The number of carbonyl (C=O) groups excluding carboxylic acids is 2. The van der Waals surface area contributed by atoms with Crippen LogP contribution in [0, 0.1) is 0 Å². The summed E-state index contributed by atoms with van der Waals surface area (Å²) in [6.07, 6.45) is -1.87. The van der Waals surface area contributed by atoms with Crippen molar-refractivity contribution in [3.8, 4) is 11.5 Å². The molecule has 2 aromatic rings. The van der Waals surface area contributed by atoms with Crippen LogP contribution in [0.5, 0.6) is 11.5 Å². The number of para-hydroxylation sites is 2. The molecule has 0 bridgehead atoms. The lowest BCUT2D eigenvalue weighted by molar-refractivity contribution is -0.135. The Bertz CT molecular complexity index is 836. The van der Waals surface area contributed by atoms with Gasteiger partial charge in [-0.3, -0.25) is 9.59 Å². The van der Waals surface area contributed by atoms with Crippen molar-refractivity contribution in [1.82, 2.24) is 0 Å². The fourth-order valence-corrected chi connectivity index (χ4v) is 3.03. The highest BCUT2D eigenvalue weighted by atomic mass is 16.5. The molecule has 7 heteroatoms. The molecule has 0 spiro atoms. The van der Waals surface area contributed by atoms with Crippen molar-refractivity contribution in [3.05, 3.63) is 53.6 Å². The van der Waals surface area contributed by atoms with Gasteiger partial charge in [0, 0.05) is 16.8 Å². The average molecular weight is 356 g/mol. The van der Waals surface area contributed by atoms with E-state index < -0.39 is 24.0 Å². The predicted octanol–water partition coefficient (Wildman–Crippen LogP) is 2.01. The molecule has 136 valence electrons. The Morgan fingerprint density at radius 2 is 1.85 bits per heavy atom. The molecule has 26 heavy (non-hydrogen) atoms. The number of hydrogen-bond acceptors (Lipinski definition) is 5. The Balaban J connectivity index is 2.14. The van der Waals surface area contributed by atoms with Gasteiger partial charge in [0.15, 0.2) is 11.5 Å².